The Morgan fingerprint density at radius 3 is 2.53 bits per heavy atom. The summed E-state index contributed by atoms with van der Waals surface area (Å²) < 4.78 is 23.8. The summed E-state index contributed by atoms with van der Waals surface area (Å²) in [5.41, 5.74) is 1.53. The first-order valence-corrected chi connectivity index (χ1v) is 8.20. The maximum atomic E-state index is 11.9. The van der Waals surface area contributed by atoms with Crippen molar-refractivity contribution in [3.63, 3.8) is 0 Å². The number of carbonyl (C=O) groups is 1. The van der Waals surface area contributed by atoms with Crippen LogP contribution in [0.15, 0.2) is 23.1 Å². The van der Waals surface area contributed by atoms with Crippen molar-refractivity contribution in [2.75, 3.05) is 6.26 Å². The largest absolute Gasteiger partial charge is 0.481 e. The third kappa shape index (κ3) is 3.35. The van der Waals surface area contributed by atoms with E-state index in [4.69, 9.17) is 5.11 Å². The lowest BCUT2D eigenvalue weighted by molar-refractivity contribution is -0.137. The fraction of sp³-hybridized carbons (Fsp3) is 0.500. The Bertz CT molecular complexity index is 600. The molecule has 104 valence electrons. The quantitative estimate of drug-likeness (QED) is 0.900. The first kappa shape index (κ1) is 14.1. The van der Waals surface area contributed by atoms with Crippen molar-refractivity contribution >= 4 is 15.8 Å². The molecule has 1 aromatic rings. The molecule has 0 spiro atoms. The molecule has 0 saturated heterocycles. The van der Waals surface area contributed by atoms with Crippen LogP contribution >= 0.6 is 0 Å². The summed E-state index contributed by atoms with van der Waals surface area (Å²) in [5.74, 6) is -0.765. The predicted molar refractivity (Wildman–Crippen MR) is 72.0 cm³/mol. The molecule has 5 heteroatoms. The van der Waals surface area contributed by atoms with E-state index in [-0.39, 0.29) is 17.2 Å². The zero-order valence-electron chi connectivity index (χ0n) is 11.1. The van der Waals surface area contributed by atoms with Crippen LogP contribution in [0.5, 0.6) is 0 Å². The summed E-state index contributed by atoms with van der Waals surface area (Å²) in [4.78, 5) is 11.3. The van der Waals surface area contributed by atoms with Gasteiger partial charge in [0.25, 0.3) is 0 Å². The standard InChI is InChI=1S/C14H18O4S/c1-9-3-6-11(13(7-9)19(2,17)18)12(8-14(15)16)10-4-5-10/h3,6-7,10,12H,4-5,8H2,1-2H3,(H,15,16). The Labute approximate surface area is 113 Å². The summed E-state index contributed by atoms with van der Waals surface area (Å²) in [5, 5.41) is 9.02. The van der Waals surface area contributed by atoms with Gasteiger partial charge in [-0.25, -0.2) is 8.42 Å². The first-order valence-electron chi connectivity index (χ1n) is 6.31. The second-order valence-electron chi connectivity index (χ2n) is 5.36. The molecule has 0 aliphatic heterocycles. The van der Waals surface area contributed by atoms with Crippen LogP contribution in [0.25, 0.3) is 0 Å². The molecular formula is C14H18O4S. The number of benzene rings is 1. The summed E-state index contributed by atoms with van der Waals surface area (Å²) >= 11 is 0. The Kier molecular flexibility index (Phi) is 3.67. The van der Waals surface area contributed by atoms with Gasteiger partial charge in [0.2, 0.25) is 0 Å². The number of aliphatic carboxylic acids is 1. The lowest BCUT2D eigenvalue weighted by atomic mass is 9.90. The lowest BCUT2D eigenvalue weighted by Crippen LogP contribution is -2.13. The van der Waals surface area contributed by atoms with Crippen molar-refractivity contribution in [1.29, 1.82) is 0 Å². The summed E-state index contributed by atoms with van der Waals surface area (Å²) in [7, 11) is -3.34. The maximum absolute atomic E-state index is 11.9. The van der Waals surface area contributed by atoms with Gasteiger partial charge in [0.05, 0.1) is 11.3 Å². The van der Waals surface area contributed by atoms with E-state index < -0.39 is 15.8 Å². The molecule has 4 nitrogen and oxygen atoms in total. The zero-order valence-corrected chi connectivity index (χ0v) is 11.9. The Morgan fingerprint density at radius 1 is 1.42 bits per heavy atom. The van der Waals surface area contributed by atoms with Crippen molar-refractivity contribution in [3.8, 4) is 0 Å². The van der Waals surface area contributed by atoms with Crippen LogP contribution in [-0.4, -0.2) is 25.7 Å². The number of carboxylic acid groups (broad SMARTS) is 1. The predicted octanol–water partition coefficient (Wildman–Crippen LogP) is 2.37. The van der Waals surface area contributed by atoms with Crippen LogP contribution < -0.4 is 0 Å². The molecule has 0 amide bonds. The Morgan fingerprint density at radius 2 is 2.05 bits per heavy atom. The van der Waals surface area contributed by atoms with Crippen molar-refractivity contribution in [2.24, 2.45) is 5.92 Å². The number of sulfone groups is 1. The van der Waals surface area contributed by atoms with Crippen molar-refractivity contribution in [1.82, 2.24) is 0 Å². The van der Waals surface area contributed by atoms with Crippen LogP contribution in [0.4, 0.5) is 0 Å². The van der Waals surface area contributed by atoms with E-state index >= 15 is 0 Å². The number of carboxylic acids is 1. The third-order valence-electron chi connectivity index (χ3n) is 3.55. The SMILES string of the molecule is Cc1ccc(C(CC(=O)O)C2CC2)c(S(C)(=O)=O)c1. The van der Waals surface area contributed by atoms with E-state index in [2.05, 4.69) is 0 Å². The van der Waals surface area contributed by atoms with E-state index in [0.29, 0.717) is 11.5 Å². The molecule has 1 saturated carbocycles. The van der Waals surface area contributed by atoms with E-state index in [1.165, 1.54) is 6.26 Å². The maximum Gasteiger partial charge on any atom is 0.303 e. The minimum absolute atomic E-state index is 0.00372. The van der Waals surface area contributed by atoms with Gasteiger partial charge in [0, 0.05) is 6.26 Å². The highest BCUT2D eigenvalue weighted by Gasteiger charge is 2.36. The van der Waals surface area contributed by atoms with Gasteiger partial charge in [-0.3, -0.25) is 4.79 Å². The van der Waals surface area contributed by atoms with Gasteiger partial charge in [-0.1, -0.05) is 12.1 Å². The van der Waals surface area contributed by atoms with Crippen LogP contribution in [0.3, 0.4) is 0 Å². The average Bonchev–Trinajstić information content (AvgIpc) is 3.08. The van der Waals surface area contributed by atoms with E-state index in [9.17, 15) is 13.2 Å². The van der Waals surface area contributed by atoms with Crippen LogP contribution in [-0.2, 0) is 14.6 Å². The second-order valence-corrected chi connectivity index (χ2v) is 7.34. The van der Waals surface area contributed by atoms with Crippen LogP contribution in [0, 0.1) is 12.8 Å². The normalized spacial score (nSPS) is 17.2. The summed E-state index contributed by atoms with van der Waals surface area (Å²) in [6, 6.07) is 5.26. The Balaban J connectivity index is 2.50. The topological polar surface area (TPSA) is 71.4 Å². The Hall–Kier alpha value is -1.36. The third-order valence-corrected chi connectivity index (χ3v) is 4.71. The molecule has 0 heterocycles. The highest BCUT2D eigenvalue weighted by atomic mass is 32.2. The molecule has 0 radical (unpaired) electrons. The number of hydrogen-bond donors (Lipinski definition) is 1. The molecule has 2 rings (SSSR count). The molecule has 1 aliphatic rings. The van der Waals surface area contributed by atoms with Gasteiger partial charge < -0.3 is 5.11 Å². The number of hydrogen-bond acceptors (Lipinski definition) is 3. The molecule has 1 atom stereocenters. The molecule has 0 aromatic heterocycles. The molecule has 1 aliphatic carbocycles. The summed E-state index contributed by atoms with van der Waals surface area (Å²) in [6.45, 7) is 1.84. The van der Waals surface area contributed by atoms with Gasteiger partial charge in [-0.15, -0.1) is 0 Å². The van der Waals surface area contributed by atoms with Crippen molar-refractivity contribution in [3.05, 3.63) is 29.3 Å². The molecule has 1 unspecified atom stereocenters. The first-order chi connectivity index (χ1) is 8.79. The van der Waals surface area contributed by atoms with Crippen LogP contribution in [0.2, 0.25) is 0 Å². The minimum Gasteiger partial charge on any atom is -0.481 e. The monoisotopic (exact) mass is 282 g/mol. The second kappa shape index (κ2) is 4.96. The number of rotatable bonds is 5. The summed E-state index contributed by atoms with van der Waals surface area (Å²) in [6.07, 6.45) is 3.14. The van der Waals surface area contributed by atoms with E-state index in [0.717, 1.165) is 18.4 Å². The molecular weight excluding hydrogens is 264 g/mol. The van der Waals surface area contributed by atoms with Gasteiger partial charge in [0.1, 0.15) is 0 Å². The highest BCUT2D eigenvalue weighted by Crippen LogP contribution is 2.46. The smallest absolute Gasteiger partial charge is 0.303 e. The highest BCUT2D eigenvalue weighted by molar-refractivity contribution is 7.90. The van der Waals surface area contributed by atoms with Gasteiger partial charge in [-0.05, 0) is 48.8 Å². The van der Waals surface area contributed by atoms with Crippen molar-refractivity contribution < 1.29 is 18.3 Å². The van der Waals surface area contributed by atoms with Crippen LogP contribution in [0.1, 0.15) is 36.3 Å². The molecule has 0 bridgehead atoms. The van der Waals surface area contributed by atoms with Gasteiger partial charge >= 0.3 is 5.97 Å². The lowest BCUT2D eigenvalue weighted by Gasteiger charge is -2.18. The fourth-order valence-corrected chi connectivity index (χ4v) is 3.53. The van der Waals surface area contributed by atoms with Gasteiger partial charge in [-0.2, -0.15) is 0 Å². The molecule has 1 N–H and O–H groups in total. The average molecular weight is 282 g/mol. The van der Waals surface area contributed by atoms with Gasteiger partial charge in [0.15, 0.2) is 9.84 Å². The molecule has 1 aromatic carbocycles. The van der Waals surface area contributed by atoms with E-state index in [1.54, 1.807) is 12.1 Å². The number of aryl methyl sites for hydroxylation is 1. The van der Waals surface area contributed by atoms with E-state index in [1.807, 2.05) is 13.0 Å². The molecule has 1 fully saturated rings. The fourth-order valence-electron chi connectivity index (χ4n) is 2.49. The zero-order chi connectivity index (χ0) is 14.2. The van der Waals surface area contributed by atoms with Crippen molar-refractivity contribution in [2.45, 2.75) is 37.0 Å². The molecule has 19 heavy (non-hydrogen) atoms. The minimum atomic E-state index is -3.34.